The maximum Gasteiger partial charge on any atom is 0.0396 e. The van der Waals surface area contributed by atoms with Gasteiger partial charge >= 0.3 is 0 Å². The molecule has 0 amide bonds. The average molecular weight is 243 g/mol. The van der Waals surface area contributed by atoms with Crippen LogP contribution in [0.5, 0.6) is 0 Å². The van der Waals surface area contributed by atoms with Crippen molar-refractivity contribution in [3.05, 3.63) is 41.5 Å². The number of hydrogen-bond donors (Lipinski definition) is 0. The first-order chi connectivity index (χ1) is 8.70. The highest BCUT2D eigenvalue weighted by molar-refractivity contribution is 5.64. The third-order valence-electron chi connectivity index (χ3n) is 3.61. The minimum absolute atomic E-state index is 0.732. The summed E-state index contributed by atoms with van der Waals surface area (Å²) in [7, 11) is 0. The van der Waals surface area contributed by atoms with Gasteiger partial charge < -0.3 is 4.90 Å². The first-order valence-electron chi connectivity index (χ1n) is 7.21. The lowest BCUT2D eigenvalue weighted by atomic mass is 10.0. The van der Waals surface area contributed by atoms with Crippen LogP contribution in [0.25, 0.3) is 5.70 Å². The Hall–Kier alpha value is -1.24. The maximum absolute atomic E-state index is 2.51. The van der Waals surface area contributed by atoms with E-state index in [9.17, 15) is 0 Å². The molecule has 98 valence electrons. The fourth-order valence-corrected chi connectivity index (χ4v) is 2.77. The van der Waals surface area contributed by atoms with E-state index in [0.717, 1.165) is 5.92 Å². The zero-order chi connectivity index (χ0) is 13.0. The summed E-state index contributed by atoms with van der Waals surface area (Å²) in [5.74, 6) is 0.732. The molecule has 0 unspecified atom stereocenters. The van der Waals surface area contributed by atoms with Crippen molar-refractivity contribution in [1.29, 1.82) is 0 Å². The van der Waals surface area contributed by atoms with Crippen LogP contribution in [0.15, 0.2) is 30.3 Å². The van der Waals surface area contributed by atoms with Gasteiger partial charge in [0.2, 0.25) is 0 Å². The van der Waals surface area contributed by atoms with Gasteiger partial charge in [-0.15, -0.1) is 0 Å². The predicted octanol–water partition coefficient (Wildman–Crippen LogP) is 4.34. The largest absolute Gasteiger partial charge is 0.371 e. The van der Waals surface area contributed by atoms with Gasteiger partial charge in [-0.2, -0.15) is 0 Å². The van der Waals surface area contributed by atoms with Crippen LogP contribution in [0.1, 0.15) is 44.7 Å². The lowest BCUT2D eigenvalue weighted by Crippen LogP contribution is -2.17. The second kappa shape index (κ2) is 6.08. The van der Waals surface area contributed by atoms with Crippen molar-refractivity contribution in [2.45, 2.75) is 40.0 Å². The number of likely N-dealkylation sites (tertiary alicyclic amines) is 1. The summed E-state index contributed by atoms with van der Waals surface area (Å²) in [6, 6.07) is 9.14. The van der Waals surface area contributed by atoms with E-state index in [4.69, 9.17) is 0 Å². The van der Waals surface area contributed by atoms with Crippen molar-refractivity contribution in [3.8, 4) is 0 Å². The minimum atomic E-state index is 0.732. The van der Waals surface area contributed by atoms with Gasteiger partial charge in [-0.05, 0) is 43.2 Å². The van der Waals surface area contributed by atoms with Crippen molar-refractivity contribution in [3.63, 3.8) is 0 Å². The molecule has 0 bridgehead atoms. The Morgan fingerprint density at radius 2 is 1.78 bits per heavy atom. The molecular formula is C17H25N. The van der Waals surface area contributed by atoms with Gasteiger partial charge in [-0.3, -0.25) is 0 Å². The molecule has 0 aliphatic carbocycles. The topological polar surface area (TPSA) is 3.24 Å². The summed E-state index contributed by atoms with van der Waals surface area (Å²) in [5, 5.41) is 0. The molecule has 0 aromatic heterocycles. The molecule has 18 heavy (non-hydrogen) atoms. The number of hydrogen-bond acceptors (Lipinski definition) is 1. The summed E-state index contributed by atoms with van der Waals surface area (Å²) in [6.07, 6.45) is 6.10. The van der Waals surface area contributed by atoms with Crippen molar-refractivity contribution < 1.29 is 0 Å². The normalized spacial score (nSPS) is 16.7. The molecular weight excluding hydrogens is 218 g/mol. The lowest BCUT2D eigenvalue weighted by molar-refractivity contribution is 0.492. The zero-order valence-electron chi connectivity index (χ0n) is 11.9. The molecule has 1 aromatic carbocycles. The monoisotopic (exact) mass is 243 g/mol. The first-order valence-corrected chi connectivity index (χ1v) is 7.21. The molecule has 0 spiro atoms. The standard InChI is InChI=1S/C17H25N/c1-4-17(18-11-5-6-12-18)16-9-7-15(8-10-16)13-14(2)3/h4,7-10,14H,5-6,11-13H2,1-3H3/b17-4+. The molecule has 1 aliphatic rings. The van der Waals surface area contributed by atoms with E-state index >= 15 is 0 Å². The SMILES string of the molecule is C/C=C(\c1ccc(CC(C)C)cc1)N1CCCC1. The minimum Gasteiger partial charge on any atom is -0.371 e. The van der Waals surface area contributed by atoms with E-state index in [1.807, 2.05) is 0 Å². The lowest BCUT2D eigenvalue weighted by Gasteiger charge is -2.22. The molecule has 1 aliphatic heterocycles. The molecule has 1 saturated heterocycles. The predicted molar refractivity (Wildman–Crippen MR) is 79.4 cm³/mol. The summed E-state index contributed by atoms with van der Waals surface area (Å²) in [5.41, 5.74) is 4.22. The molecule has 1 heteroatoms. The van der Waals surface area contributed by atoms with Gasteiger partial charge in [-0.25, -0.2) is 0 Å². The Kier molecular flexibility index (Phi) is 4.46. The molecule has 1 fully saturated rings. The maximum atomic E-state index is 2.51. The van der Waals surface area contributed by atoms with Crippen LogP contribution in [0.2, 0.25) is 0 Å². The van der Waals surface area contributed by atoms with Crippen LogP contribution in [-0.4, -0.2) is 18.0 Å². The van der Waals surface area contributed by atoms with Crippen molar-refractivity contribution in [1.82, 2.24) is 4.90 Å². The summed E-state index contributed by atoms with van der Waals surface area (Å²) in [6.45, 7) is 9.13. The third-order valence-corrected chi connectivity index (χ3v) is 3.61. The van der Waals surface area contributed by atoms with Crippen LogP contribution in [0.4, 0.5) is 0 Å². The molecule has 0 atom stereocenters. The number of allylic oxidation sites excluding steroid dienone is 1. The summed E-state index contributed by atoms with van der Waals surface area (Å²) < 4.78 is 0. The van der Waals surface area contributed by atoms with Crippen molar-refractivity contribution in [2.24, 2.45) is 5.92 Å². The fraction of sp³-hybridized carbons (Fsp3) is 0.529. The molecule has 1 nitrogen and oxygen atoms in total. The molecule has 2 rings (SSSR count). The third kappa shape index (κ3) is 3.16. The highest BCUT2D eigenvalue weighted by Gasteiger charge is 2.15. The Bertz CT molecular complexity index is 394. The fourth-order valence-electron chi connectivity index (χ4n) is 2.77. The van der Waals surface area contributed by atoms with Crippen molar-refractivity contribution >= 4 is 5.70 Å². The van der Waals surface area contributed by atoms with E-state index in [0.29, 0.717) is 0 Å². The van der Waals surface area contributed by atoms with Crippen LogP contribution < -0.4 is 0 Å². The quantitative estimate of drug-likeness (QED) is 0.760. The number of rotatable bonds is 4. The van der Waals surface area contributed by atoms with E-state index in [1.54, 1.807) is 0 Å². The van der Waals surface area contributed by atoms with Crippen LogP contribution in [-0.2, 0) is 6.42 Å². The van der Waals surface area contributed by atoms with Gasteiger partial charge in [0.15, 0.2) is 0 Å². The zero-order valence-corrected chi connectivity index (χ0v) is 11.9. The van der Waals surface area contributed by atoms with E-state index < -0.39 is 0 Å². The second-order valence-electron chi connectivity index (χ2n) is 5.66. The first kappa shape index (κ1) is 13.2. The van der Waals surface area contributed by atoms with Gasteiger partial charge in [0.1, 0.15) is 0 Å². The Labute approximate surface area is 112 Å². The van der Waals surface area contributed by atoms with Gasteiger partial charge in [-0.1, -0.05) is 44.2 Å². The highest BCUT2D eigenvalue weighted by Crippen LogP contribution is 2.24. The van der Waals surface area contributed by atoms with Crippen LogP contribution in [0, 0.1) is 5.92 Å². The Balaban J connectivity index is 2.12. The molecule has 1 aromatic rings. The highest BCUT2D eigenvalue weighted by atomic mass is 15.1. The molecule has 0 saturated carbocycles. The van der Waals surface area contributed by atoms with E-state index in [-0.39, 0.29) is 0 Å². The van der Waals surface area contributed by atoms with Gasteiger partial charge in [0.05, 0.1) is 0 Å². The Morgan fingerprint density at radius 3 is 2.28 bits per heavy atom. The molecule has 0 radical (unpaired) electrons. The molecule has 0 N–H and O–H groups in total. The Morgan fingerprint density at radius 1 is 1.17 bits per heavy atom. The average Bonchev–Trinajstić information content (AvgIpc) is 2.85. The number of benzene rings is 1. The second-order valence-corrected chi connectivity index (χ2v) is 5.66. The van der Waals surface area contributed by atoms with Gasteiger partial charge in [0.25, 0.3) is 0 Å². The number of nitrogens with zero attached hydrogens (tertiary/aromatic N) is 1. The van der Waals surface area contributed by atoms with E-state index in [2.05, 4.69) is 56.0 Å². The molecule has 1 heterocycles. The smallest absolute Gasteiger partial charge is 0.0396 e. The summed E-state index contributed by atoms with van der Waals surface area (Å²) >= 11 is 0. The van der Waals surface area contributed by atoms with Crippen LogP contribution >= 0.6 is 0 Å². The van der Waals surface area contributed by atoms with Crippen molar-refractivity contribution in [2.75, 3.05) is 13.1 Å². The van der Waals surface area contributed by atoms with Crippen LogP contribution in [0.3, 0.4) is 0 Å². The summed E-state index contributed by atoms with van der Waals surface area (Å²) in [4.78, 5) is 2.51. The van der Waals surface area contributed by atoms with E-state index in [1.165, 1.54) is 49.2 Å². The van der Waals surface area contributed by atoms with Gasteiger partial charge in [0, 0.05) is 18.8 Å².